The highest BCUT2D eigenvalue weighted by atomic mass is 79.9. The van der Waals surface area contributed by atoms with E-state index in [1.165, 1.54) is 6.07 Å². The summed E-state index contributed by atoms with van der Waals surface area (Å²) in [4.78, 5) is 4.42. The molecule has 1 unspecified atom stereocenters. The van der Waals surface area contributed by atoms with Crippen LogP contribution in [0, 0.1) is 5.82 Å². The van der Waals surface area contributed by atoms with Gasteiger partial charge in [-0.3, -0.25) is 4.98 Å². The number of pyridine rings is 1. The maximum atomic E-state index is 14.0. The van der Waals surface area contributed by atoms with Crippen molar-refractivity contribution in [1.82, 2.24) is 10.3 Å². The Morgan fingerprint density at radius 2 is 2.19 bits per heavy atom. The first-order valence-corrected chi connectivity index (χ1v) is 8.06. The van der Waals surface area contributed by atoms with Crippen molar-refractivity contribution in [2.75, 3.05) is 6.54 Å². The Bertz CT molecular complexity index is 607. The minimum absolute atomic E-state index is 0.0452. The predicted molar refractivity (Wildman–Crippen MR) is 88.1 cm³/mol. The molecule has 0 spiro atoms. The van der Waals surface area contributed by atoms with E-state index < -0.39 is 0 Å². The van der Waals surface area contributed by atoms with Gasteiger partial charge in [-0.25, -0.2) is 4.39 Å². The van der Waals surface area contributed by atoms with Crippen LogP contribution in [0.25, 0.3) is 0 Å². The van der Waals surface area contributed by atoms with Gasteiger partial charge in [-0.2, -0.15) is 0 Å². The van der Waals surface area contributed by atoms with Gasteiger partial charge in [0.15, 0.2) is 0 Å². The third-order valence-electron chi connectivity index (χ3n) is 3.20. The van der Waals surface area contributed by atoms with Crippen LogP contribution < -0.4 is 5.32 Å². The lowest BCUT2D eigenvalue weighted by Gasteiger charge is -2.19. The molecule has 1 aromatic heterocycles. The van der Waals surface area contributed by atoms with Crippen LogP contribution in [0.15, 0.2) is 41.0 Å². The average molecular weight is 372 g/mol. The Morgan fingerprint density at radius 3 is 2.86 bits per heavy atom. The molecule has 2 rings (SSSR count). The van der Waals surface area contributed by atoms with E-state index in [0.29, 0.717) is 17.0 Å². The lowest BCUT2D eigenvalue weighted by Crippen LogP contribution is -2.25. The molecular weight excluding hydrogens is 355 g/mol. The summed E-state index contributed by atoms with van der Waals surface area (Å²) in [6.45, 7) is 2.95. The number of benzene rings is 1. The standard InChI is InChI=1S/C16H17BrClFN2/c1-2-7-20-15(16-13(17)4-3-8-21-16)9-11-5-6-12(18)10-14(11)19/h3-6,8,10,15,20H,2,7,9H2,1H3. The molecular formula is C16H17BrClFN2. The first-order valence-electron chi connectivity index (χ1n) is 6.89. The zero-order valence-electron chi connectivity index (χ0n) is 11.7. The fourth-order valence-electron chi connectivity index (χ4n) is 2.15. The fraction of sp³-hybridized carbons (Fsp3) is 0.312. The largest absolute Gasteiger partial charge is 0.308 e. The van der Waals surface area contributed by atoms with Crippen molar-refractivity contribution in [3.05, 3.63) is 63.1 Å². The van der Waals surface area contributed by atoms with E-state index in [0.717, 1.165) is 23.1 Å². The number of halogens is 3. The van der Waals surface area contributed by atoms with E-state index >= 15 is 0 Å². The quantitative estimate of drug-likeness (QED) is 0.779. The number of hydrogen-bond acceptors (Lipinski definition) is 2. The van der Waals surface area contributed by atoms with Crippen LogP contribution in [0.2, 0.25) is 5.02 Å². The monoisotopic (exact) mass is 370 g/mol. The van der Waals surface area contributed by atoms with Crippen LogP contribution in [0.4, 0.5) is 4.39 Å². The van der Waals surface area contributed by atoms with Crippen molar-refractivity contribution in [3.63, 3.8) is 0 Å². The molecule has 2 nitrogen and oxygen atoms in total. The van der Waals surface area contributed by atoms with Gasteiger partial charge in [0, 0.05) is 15.7 Å². The van der Waals surface area contributed by atoms with Crippen molar-refractivity contribution >= 4 is 27.5 Å². The Hall–Kier alpha value is -0.970. The third kappa shape index (κ3) is 4.50. The summed E-state index contributed by atoms with van der Waals surface area (Å²) < 4.78 is 14.9. The summed E-state index contributed by atoms with van der Waals surface area (Å²) in [7, 11) is 0. The van der Waals surface area contributed by atoms with E-state index in [2.05, 4.69) is 33.2 Å². The van der Waals surface area contributed by atoms with E-state index in [1.807, 2.05) is 12.1 Å². The highest BCUT2D eigenvalue weighted by Gasteiger charge is 2.17. The van der Waals surface area contributed by atoms with Gasteiger partial charge in [0.05, 0.1) is 11.7 Å². The normalized spacial score (nSPS) is 12.4. The fourth-order valence-corrected chi connectivity index (χ4v) is 2.84. The Labute approximate surface area is 137 Å². The lowest BCUT2D eigenvalue weighted by atomic mass is 10.0. The lowest BCUT2D eigenvalue weighted by molar-refractivity contribution is 0.502. The van der Waals surface area contributed by atoms with Gasteiger partial charge >= 0.3 is 0 Å². The van der Waals surface area contributed by atoms with Crippen LogP contribution in [-0.2, 0) is 6.42 Å². The van der Waals surface area contributed by atoms with Crippen molar-refractivity contribution in [2.24, 2.45) is 0 Å². The van der Waals surface area contributed by atoms with Crippen LogP contribution in [0.3, 0.4) is 0 Å². The molecule has 0 saturated heterocycles. The molecule has 1 N–H and O–H groups in total. The first kappa shape index (κ1) is 16.4. The molecule has 1 atom stereocenters. The molecule has 2 aromatic rings. The van der Waals surface area contributed by atoms with Gasteiger partial charge in [0.25, 0.3) is 0 Å². The molecule has 1 aromatic carbocycles. The third-order valence-corrected chi connectivity index (χ3v) is 4.10. The van der Waals surface area contributed by atoms with Gasteiger partial charge in [-0.15, -0.1) is 0 Å². The molecule has 0 fully saturated rings. The number of hydrogen-bond donors (Lipinski definition) is 1. The SMILES string of the molecule is CCCNC(Cc1ccc(Cl)cc1F)c1ncccc1Br. The maximum absolute atomic E-state index is 14.0. The zero-order chi connectivity index (χ0) is 15.2. The summed E-state index contributed by atoms with van der Waals surface area (Å²) in [6.07, 6.45) is 3.28. The molecule has 5 heteroatoms. The van der Waals surface area contributed by atoms with Crippen LogP contribution >= 0.6 is 27.5 Å². The second-order valence-corrected chi connectivity index (χ2v) is 6.11. The Balaban J connectivity index is 2.26. The van der Waals surface area contributed by atoms with Crippen molar-refractivity contribution in [1.29, 1.82) is 0 Å². The second-order valence-electron chi connectivity index (χ2n) is 4.82. The van der Waals surface area contributed by atoms with Crippen molar-refractivity contribution in [2.45, 2.75) is 25.8 Å². The summed E-state index contributed by atoms with van der Waals surface area (Å²) in [5.41, 5.74) is 1.52. The Kier molecular flexibility index (Phi) is 6.15. The minimum Gasteiger partial charge on any atom is -0.308 e. The molecule has 21 heavy (non-hydrogen) atoms. The van der Waals surface area contributed by atoms with Gasteiger partial charge in [-0.1, -0.05) is 24.6 Å². The summed E-state index contributed by atoms with van der Waals surface area (Å²) in [6, 6.07) is 8.56. The molecule has 112 valence electrons. The molecule has 0 aliphatic rings. The molecule has 0 aliphatic heterocycles. The number of nitrogens with zero attached hydrogens (tertiary/aromatic N) is 1. The van der Waals surface area contributed by atoms with Crippen molar-refractivity contribution in [3.8, 4) is 0 Å². The van der Waals surface area contributed by atoms with Crippen molar-refractivity contribution < 1.29 is 4.39 Å². The number of nitrogens with one attached hydrogen (secondary N) is 1. The van der Waals surface area contributed by atoms with E-state index in [1.54, 1.807) is 18.3 Å². The van der Waals surface area contributed by atoms with E-state index in [4.69, 9.17) is 11.6 Å². The predicted octanol–water partition coefficient (Wildman–Crippen LogP) is 4.92. The summed E-state index contributed by atoms with van der Waals surface area (Å²) in [5, 5.41) is 3.84. The highest BCUT2D eigenvalue weighted by Crippen LogP contribution is 2.26. The van der Waals surface area contributed by atoms with Crippen LogP contribution in [0.5, 0.6) is 0 Å². The zero-order valence-corrected chi connectivity index (χ0v) is 14.1. The maximum Gasteiger partial charge on any atom is 0.127 e. The average Bonchev–Trinajstić information content (AvgIpc) is 2.46. The second kappa shape index (κ2) is 7.87. The molecule has 0 radical (unpaired) electrons. The highest BCUT2D eigenvalue weighted by molar-refractivity contribution is 9.10. The van der Waals surface area contributed by atoms with Crippen LogP contribution in [-0.4, -0.2) is 11.5 Å². The molecule has 0 amide bonds. The summed E-state index contributed by atoms with van der Waals surface area (Å²) in [5.74, 6) is -0.280. The first-order chi connectivity index (χ1) is 10.1. The molecule has 0 saturated carbocycles. The van der Waals surface area contributed by atoms with Gasteiger partial charge < -0.3 is 5.32 Å². The smallest absolute Gasteiger partial charge is 0.127 e. The number of rotatable bonds is 6. The van der Waals surface area contributed by atoms with Gasteiger partial charge in [-0.05, 0) is 65.1 Å². The number of aromatic nitrogens is 1. The minimum atomic E-state index is -0.280. The topological polar surface area (TPSA) is 24.9 Å². The van der Waals surface area contributed by atoms with E-state index in [9.17, 15) is 4.39 Å². The molecule has 1 heterocycles. The summed E-state index contributed by atoms with van der Waals surface area (Å²) >= 11 is 9.32. The molecule has 0 aliphatic carbocycles. The van der Waals surface area contributed by atoms with E-state index in [-0.39, 0.29) is 11.9 Å². The van der Waals surface area contributed by atoms with Gasteiger partial charge in [0.1, 0.15) is 5.82 Å². The molecule has 0 bridgehead atoms. The van der Waals surface area contributed by atoms with Gasteiger partial charge in [0.2, 0.25) is 0 Å². The Morgan fingerprint density at radius 1 is 1.38 bits per heavy atom. The van der Waals surface area contributed by atoms with Crippen LogP contribution in [0.1, 0.15) is 30.6 Å².